The molecule has 0 bridgehead atoms. The minimum absolute atomic E-state index is 0.0181. The minimum Gasteiger partial charge on any atom is -0.383 e. The minimum atomic E-state index is 0.0181. The fraction of sp³-hybridized carbons (Fsp3) is 0.375. The third-order valence-electron chi connectivity index (χ3n) is 3.43. The highest BCUT2D eigenvalue weighted by Crippen LogP contribution is 2.20. The van der Waals surface area contributed by atoms with Crippen LogP contribution in [0.5, 0.6) is 0 Å². The number of aromatic nitrogens is 1. The fourth-order valence-electron chi connectivity index (χ4n) is 2.28. The van der Waals surface area contributed by atoms with Crippen molar-refractivity contribution >= 4 is 16.7 Å². The molecule has 20 heavy (non-hydrogen) atoms. The van der Waals surface area contributed by atoms with Crippen molar-refractivity contribution in [3.63, 3.8) is 0 Å². The van der Waals surface area contributed by atoms with Crippen molar-refractivity contribution in [2.45, 2.75) is 20.4 Å². The highest BCUT2D eigenvalue weighted by atomic mass is 15.1. The second-order valence-corrected chi connectivity index (χ2v) is 5.08. The Kier molecular flexibility index (Phi) is 4.54. The first-order valence-corrected chi connectivity index (χ1v) is 6.90. The molecule has 1 unspecified atom stereocenters. The molecule has 0 fully saturated rings. The van der Waals surface area contributed by atoms with E-state index < -0.39 is 0 Å². The first-order chi connectivity index (χ1) is 9.63. The quantitative estimate of drug-likeness (QED) is 0.905. The van der Waals surface area contributed by atoms with E-state index in [1.54, 1.807) is 0 Å². The Morgan fingerprint density at radius 3 is 2.85 bits per heavy atom. The highest BCUT2D eigenvalue weighted by molar-refractivity contribution is 5.81. The van der Waals surface area contributed by atoms with Gasteiger partial charge in [0.05, 0.1) is 17.5 Å². The van der Waals surface area contributed by atoms with E-state index in [0.29, 0.717) is 5.82 Å². The number of nitrogen functional groups attached to an aromatic ring is 1. The molecule has 1 atom stereocenters. The molecule has 2 rings (SSSR count). The number of benzene rings is 1. The number of para-hydroxylation sites is 1. The van der Waals surface area contributed by atoms with Gasteiger partial charge in [0.1, 0.15) is 5.82 Å². The van der Waals surface area contributed by atoms with E-state index in [2.05, 4.69) is 28.9 Å². The van der Waals surface area contributed by atoms with E-state index in [9.17, 15) is 0 Å². The van der Waals surface area contributed by atoms with Crippen LogP contribution in [0.2, 0.25) is 0 Å². The molecule has 1 aromatic heterocycles. The van der Waals surface area contributed by atoms with Crippen LogP contribution in [-0.2, 0) is 6.54 Å². The lowest BCUT2D eigenvalue weighted by atomic mass is 10.1. The van der Waals surface area contributed by atoms with Crippen LogP contribution in [0, 0.1) is 17.2 Å². The summed E-state index contributed by atoms with van der Waals surface area (Å²) in [5.74, 6) is 0.594. The largest absolute Gasteiger partial charge is 0.383 e. The summed E-state index contributed by atoms with van der Waals surface area (Å²) in [7, 11) is 0. The second kappa shape index (κ2) is 6.36. The molecule has 0 saturated heterocycles. The van der Waals surface area contributed by atoms with Gasteiger partial charge in [0.25, 0.3) is 0 Å². The average molecular weight is 268 g/mol. The van der Waals surface area contributed by atoms with Gasteiger partial charge in [0.2, 0.25) is 0 Å². The van der Waals surface area contributed by atoms with Gasteiger partial charge in [0.15, 0.2) is 0 Å². The van der Waals surface area contributed by atoms with E-state index in [-0.39, 0.29) is 5.92 Å². The van der Waals surface area contributed by atoms with E-state index in [4.69, 9.17) is 11.0 Å². The van der Waals surface area contributed by atoms with Crippen molar-refractivity contribution in [2.24, 2.45) is 5.92 Å². The normalized spacial score (nSPS) is 12.5. The van der Waals surface area contributed by atoms with Crippen LogP contribution < -0.4 is 5.73 Å². The summed E-state index contributed by atoms with van der Waals surface area (Å²) in [6.45, 7) is 6.39. The third-order valence-corrected chi connectivity index (χ3v) is 3.43. The Labute approximate surface area is 119 Å². The molecule has 0 spiro atoms. The maximum Gasteiger partial charge on any atom is 0.128 e. The summed E-state index contributed by atoms with van der Waals surface area (Å²) in [5, 5.41) is 10.0. The van der Waals surface area contributed by atoms with E-state index >= 15 is 0 Å². The molecule has 2 aromatic rings. The van der Waals surface area contributed by atoms with Crippen molar-refractivity contribution in [3.05, 3.63) is 35.9 Å². The molecule has 0 aliphatic carbocycles. The molecule has 0 radical (unpaired) electrons. The number of fused-ring (bicyclic) bond motifs is 1. The van der Waals surface area contributed by atoms with Gasteiger partial charge in [-0.1, -0.05) is 25.1 Å². The molecule has 0 aliphatic rings. The lowest BCUT2D eigenvalue weighted by Gasteiger charge is -2.22. The van der Waals surface area contributed by atoms with Crippen molar-refractivity contribution in [1.29, 1.82) is 5.26 Å². The molecule has 4 heteroatoms. The van der Waals surface area contributed by atoms with Gasteiger partial charge in [0, 0.05) is 24.0 Å². The topological polar surface area (TPSA) is 65.9 Å². The zero-order valence-electron chi connectivity index (χ0n) is 12.0. The number of rotatable bonds is 5. The summed E-state index contributed by atoms with van der Waals surface area (Å²) in [5.41, 5.74) is 7.99. The number of hydrogen-bond acceptors (Lipinski definition) is 4. The Morgan fingerprint density at radius 1 is 1.40 bits per heavy atom. The molecule has 2 N–H and O–H groups in total. The first kappa shape index (κ1) is 14.3. The van der Waals surface area contributed by atoms with E-state index in [1.807, 2.05) is 31.2 Å². The number of nitrogens with two attached hydrogens (primary N) is 1. The molecule has 4 nitrogen and oxygen atoms in total. The van der Waals surface area contributed by atoms with Crippen LogP contribution in [-0.4, -0.2) is 23.0 Å². The Balaban J connectivity index is 2.23. The Hall–Kier alpha value is -2.12. The van der Waals surface area contributed by atoms with E-state index in [1.165, 1.54) is 0 Å². The monoisotopic (exact) mass is 268 g/mol. The van der Waals surface area contributed by atoms with Gasteiger partial charge in [-0.3, -0.25) is 4.90 Å². The third kappa shape index (κ3) is 3.25. The van der Waals surface area contributed by atoms with Crippen LogP contribution in [0.4, 0.5) is 5.82 Å². The lowest BCUT2D eigenvalue weighted by Crippen LogP contribution is -2.28. The molecule has 104 valence electrons. The molecule has 0 amide bonds. The van der Waals surface area contributed by atoms with Crippen LogP contribution in [0.1, 0.15) is 19.4 Å². The summed E-state index contributed by atoms with van der Waals surface area (Å²) in [6, 6.07) is 12.3. The standard InChI is InChI=1S/C16H20N4/c1-3-20(10-12(2)9-17)11-14-8-13-6-4-5-7-15(13)19-16(14)18/h4-8,12H,3,10-11H2,1-2H3,(H2,18,19). The Bertz CT molecular complexity index is 630. The molecule has 1 heterocycles. The zero-order valence-corrected chi connectivity index (χ0v) is 12.0. The van der Waals surface area contributed by atoms with Crippen molar-refractivity contribution < 1.29 is 0 Å². The molecule has 1 aromatic carbocycles. The number of nitriles is 1. The lowest BCUT2D eigenvalue weighted by molar-refractivity contribution is 0.260. The van der Waals surface area contributed by atoms with Crippen molar-refractivity contribution in [3.8, 4) is 6.07 Å². The van der Waals surface area contributed by atoms with Gasteiger partial charge in [-0.25, -0.2) is 4.98 Å². The molecular weight excluding hydrogens is 248 g/mol. The van der Waals surface area contributed by atoms with Crippen molar-refractivity contribution in [2.75, 3.05) is 18.8 Å². The van der Waals surface area contributed by atoms with Crippen molar-refractivity contribution in [1.82, 2.24) is 9.88 Å². The molecule has 0 aliphatic heterocycles. The average Bonchev–Trinajstić information content (AvgIpc) is 2.46. The van der Waals surface area contributed by atoms with E-state index in [0.717, 1.165) is 36.1 Å². The summed E-state index contributed by atoms with van der Waals surface area (Å²) < 4.78 is 0. The maximum absolute atomic E-state index is 8.93. The predicted octanol–water partition coefficient (Wildman–Crippen LogP) is 2.80. The van der Waals surface area contributed by atoms with Gasteiger partial charge < -0.3 is 5.73 Å². The van der Waals surface area contributed by atoms with Crippen LogP contribution in [0.3, 0.4) is 0 Å². The fourth-order valence-corrected chi connectivity index (χ4v) is 2.28. The van der Waals surface area contributed by atoms with Gasteiger partial charge >= 0.3 is 0 Å². The van der Waals surface area contributed by atoms with Gasteiger partial charge in [-0.15, -0.1) is 0 Å². The van der Waals surface area contributed by atoms with Crippen LogP contribution in [0.15, 0.2) is 30.3 Å². The number of nitrogens with zero attached hydrogens (tertiary/aromatic N) is 3. The maximum atomic E-state index is 8.93. The van der Waals surface area contributed by atoms with Gasteiger partial charge in [-0.05, 0) is 25.6 Å². The first-order valence-electron chi connectivity index (χ1n) is 6.90. The number of pyridine rings is 1. The summed E-state index contributed by atoms with van der Waals surface area (Å²) in [4.78, 5) is 6.67. The van der Waals surface area contributed by atoms with Crippen LogP contribution in [0.25, 0.3) is 10.9 Å². The Morgan fingerprint density at radius 2 is 2.15 bits per heavy atom. The number of anilines is 1. The number of hydrogen-bond donors (Lipinski definition) is 1. The highest BCUT2D eigenvalue weighted by Gasteiger charge is 2.11. The SMILES string of the molecule is CCN(Cc1cc2ccccc2nc1N)CC(C)C#N. The molecular formula is C16H20N4. The molecule has 0 saturated carbocycles. The van der Waals surface area contributed by atoms with Crippen LogP contribution >= 0.6 is 0 Å². The zero-order chi connectivity index (χ0) is 14.5. The summed E-state index contributed by atoms with van der Waals surface area (Å²) >= 11 is 0. The second-order valence-electron chi connectivity index (χ2n) is 5.08. The predicted molar refractivity (Wildman–Crippen MR) is 81.9 cm³/mol. The smallest absolute Gasteiger partial charge is 0.128 e. The summed E-state index contributed by atoms with van der Waals surface area (Å²) in [6.07, 6.45) is 0. The van der Waals surface area contributed by atoms with Gasteiger partial charge in [-0.2, -0.15) is 5.26 Å².